The number of aliphatic carboxylic acids is 2. The summed E-state index contributed by atoms with van der Waals surface area (Å²) in [6.45, 7) is 11.9. The number of aryl methyl sites for hydroxylation is 2. The highest BCUT2D eigenvalue weighted by Crippen LogP contribution is 2.41. The molecule has 4 rings (SSSR count). The first-order chi connectivity index (χ1) is 20.7. The van der Waals surface area contributed by atoms with E-state index in [1.807, 2.05) is 24.9 Å². The van der Waals surface area contributed by atoms with Crippen LogP contribution >= 0.6 is 0 Å². The second-order valence-corrected chi connectivity index (χ2v) is 11.5. The van der Waals surface area contributed by atoms with Crippen LogP contribution in [0.1, 0.15) is 54.9 Å². The zero-order valence-electron chi connectivity index (χ0n) is 25.4. The van der Waals surface area contributed by atoms with Crippen LogP contribution in [0.15, 0.2) is 30.3 Å². The second kappa shape index (κ2) is 15.5. The number of ether oxygens (including phenoxy) is 1. The fourth-order valence-electron chi connectivity index (χ4n) is 4.80. The van der Waals surface area contributed by atoms with Gasteiger partial charge in [-0.25, -0.2) is 9.59 Å². The lowest BCUT2D eigenvalue weighted by atomic mass is 9.77. The molecule has 2 saturated heterocycles. The summed E-state index contributed by atoms with van der Waals surface area (Å²) >= 11 is 0. The Balaban J connectivity index is 0.000000421. The number of hydrogen-bond acceptors (Lipinski definition) is 6. The van der Waals surface area contributed by atoms with Gasteiger partial charge in [-0.05, 0) is 62.7 Å². The van der Waals surface area contributed by atoms with E-state index in [0.29, 0.717) is 11.6 Å². The molecule has 16 heteroatoms. The van der Waals surface area contributed by atoms with Gasteiger partial charge in [0.25, 0.3) is 5.91 Å². The van der Waals surface area contributed by atoms with E-state index in [1.165, 1.54) is 5.56 Å². The zero-order chi connectivity index (χ0) is 34.2. The molecule has 1 spiro atoms. The number of nitrogens with zero attached hydrogens (tertiary/aromatic N) is 4. The number of likely N-dealkylation sites (tertiary alicyclic amines) is 2. The van der Waals surface area contributed by atoms with Crippen molar-refractivity contribution in [2.45, 2.75) is 58.9 Å². The minimum atomic E-state index is -5.08. The number of aromatic nitrogens is 2. The van der Waals surface area contributed by atoms with Gasteiger partial charge in [-0.3, -0.25) is 14.4 Å². The van der Waals surface area contributed by atoms with Gasteiger partial charge >= 0.3 is 24.3 Å². The molecule has 1 aromatic carbocycles. The molecule has 0 atom stereocenters. The molecule has 0 bridgehead atoms. The van der Waals surface area contributed by atoms with Crippen LogP contribution in [-0.4, -0.2) is 92.8 Å². The molecule has 2 fully saturated rings. The number of carboxylic acids is 2. The van der Waals surface area contributed by atoms with Gasteiger partial charge in [0.05, 0.1) is 6.61 Å². The highest BCUT2D eigenvalue weighted by atomic mass is 19.4. The fraction of sp³-hybridized carbons (Fsp3) is 0.586. The van der Waals surface area contributed by atoms with E-state index in [4.69, 9.17) is 24.5 Å². The van der Waals surface area contributed by atoms with Gasteiger partial charge in [0.1, 0.15) is 5.75 Å². The number of carbonyl (C=O) groups is 3. The Hall–Kier alpha value is -3.82. The molecule has 2 aliphatic heterocycles. The fourth-order valence-corrected chi connectivity index (χ4v) is 4.80. The van der Waals surface area contributed by atoms with Gasteiger partial charge in [-0.1, -0.05) is 32.0 Å². The van der Waals surface area contributed by atoms with Crippen LogP contribution in [-0.2, 0) is 23.2 Å². The van der Waals surface area contributed by atoms with Gasteiger partial charge in [-0.15, -0.1) is 0 Å². The maximum absolute atomic E-state index is 12.9. The number of rotatable bonds is 6. The summed E-state index contributed by atoms with van der Waals surface area (Å²) in [4.78, 5) is 35.3. The smallest absolute Gasteiger partial charge is 0.490 e. The SMILES string of the molecule is Cc1cc(C(=O)N2CCC3(CCN(Cc4ccccc4OCC(C)C)CC3)C2)nn1C.O=C(O)C(F)(F)F.O=C(O)C(F)(F)F. The van der Waals surface area contributed by atoms with Crippen LogP contribution in [0.3, 0.4) is 0 Å². The van der Waals surface area contributed by atoms with Gasteiger partial charge in [0, 0.05) is 37.9 Å². The number of halogens is 6. The minimum absolute atomic E-state index is 0.0826. The minimum Gasteiger partial charge on any atom is -0.493 e. The highest BCUT2D eigenvalue weighted by molar-refractivity contribution is 5.92. The Morgan fingerprint density at radius 3 is 1.93 bits per heavy atom. The van der Waals surface area contributed by atoms with Gasteiger partial charge in [0.2, 0.25) is 0 Å². The van der Waals surface area contributed by atoms with Crippen molar-refractivity contribution < 1.29 is 55.7 Å². The number of carboxylic acid groups (broad SMARTS) is 2. The second-order valence-electron chi connectivity index (χ2n) is 11.5. The first kappa shape index (κ1) is 37.4. The largest absolute Gasteiger partial charge is 0.493 e. The third-order valence-corrected chi connectivity index (χ3v) is 7.40. The molecular weight excluding hydrogens is 614 g/mol. The molecule has 45 heavy (non-hydrogen) atoms. The first-order valence-corrected chi connectivity index (χ1v) is 14.1. The lowest BCUT2D eigenvalue weighted by molar-refractivity contribution is -0.193. The molecule has 3 heterocycles. The zero-order valence-corrected chi connectivity index (χ0v) is 25.4. The summed E-state index contributed by atoms with van der Waals surface area (Å²) in [6, 6.07) is 10.3. The average Bonchev–Trinajstić information content (AvgIpc) is 3.51. The monoisotopic (exact) mass is 652 g/mol. The molecule has 2 N–H and O–H groups in total. The van der Waals surface area contributed by atoms with Gasteiger partial charge in [0.15, 0.2) is 5.69 Å². The Morgan fingerprint density at radius 1 is 0.956 bits per heavy atom. The summed E-state index contributed by atoms with van der Waals surface area (Å²) in [7, 11) is 1.89. The first-order valence-electron chi connectivity index (χ1n) is 14.1. The normalized spacial score (nSPS) is 16.5. The van der Waals surface area contributed by atoms with Crippen molar-refractivity contribution in [3.8, 4) is 5.75 Å². The molecule has 252 valence electrons. The quantitative estimate of drug-likeness (QED) is 0.411. The molecule has 0 saturated carbocycles. The molecule has 0 unspecified atom stereocenters. The predicted octanol–water partition coefficient (Wildman–Crippen LogP) is 5.16. The lowest BCUT2D eigenvalue weighted by Crippen LogP contribution is -2.42. The number of carbonyl (C=O) groups excluding carboxylic acids is 1. The van der Waals surface area contributed by atoms with E-state index in [9.17, 15) is 31.1 Å². The maximum atomic E-state index is 12.9. The van der Waals surface area contributed by atoms with Crippen molar-refractivity contribution in [2.75, 3.05) is 32.8 Å². The van der Waals surface area contributed by atoms with E-state index in [2.05, 4.69) is 48.1 Å². The summed E-state index contributed by atoms with van der Waals surface area (Å²) in [5, 5.41) is 18.6. The Kier molecular flexibility index (Phi) is 12.8. The maximum Gasteiger partial charge on any atom is 0.490 e. The van der Waals surface area contributed by atoms with Gasteiger partial charge in [-0.2, -0.15) is 31.4 Å². The standard InChI is InChI=1S/C25H36N4O2.2C2HF3O2/c1-19(2)17-31-23-8-6-5-7-21(23)16-28-12-9-25(10-13-28)11-14-29(18-25)24(30)22-15-20(3)27(4)26-22;2*3-2(4,5)1(6)7/h5-8,15,19H,9-14,16-18H2,1-4H3;2*(H,6,7). The molecule has 2 aromatic rings. The Labute approximate surface area is 256 Å². The number of piperidine rings is 1. The molecule has 2 aliphatic rings. The third-order valence-electron chi connectivity index (χ3n) is 7.40. The average molecular weight is 653 g/mol. The molecule has 10 nitrogen and oxygen atoms in total. The Bertz CT molecular complexity index is 1260. The van der Waals surface area contributed by atoms with E-state index in [0.717, 1.165) is 70.0 Å². The number of hydrogen-bond donors (Lipinski definition) is 2. The number of benzene rings is 1. The predicted molar refractivity (Wildman–Crippen MR) is 150 cm³/mol. The van der Waals surface area contributed by atoms with Crippen LogP contribution in [0.5, 0.6) is 5.75 Å². The van der Waals surface area contributed by atoms with Crippen molar-refractivity contribution in [3.63, 3.8) is 0 Å². The summed E-state index contributed by atoms with van der Waals surface area (Å²) in [5.41, 5.74) is 3.13. The highest BCUT2D eigenvalue weighted by Gasteiger charge is 2.43. The van der Waals surface area contributed by atoms with E-state index in [1.54, 1.807) is 4.68 Å². The molecule has 1 amide bonds. The number of alkyl halides is 6. The lowest BCUT2D eigenvalue weighted by Gasteiger charge is -2.39. The number of para-hydroxylation sites is 1. The van der Waals surface area contributed by atoms with Crippen LogP contribution in [0.25, 0.3) is 0 Å². The topological polar surface area (TPSA) is 125 Å². The summed E-state index contributed by atoms with van der Waals surface area (Å²) < 4.78 is 71.3. The van der Waals surface area contributed by atoms with E-state index >= 15 is 0 Å². The summed E-state index contributed by atoms with van der Waals surface area (Å²) in [5.74, 6) is -3.90. The van der Waals surface area contributed by atoms with Gasteiger partial charge < -0.3 is 19.8 Å². The van der Waals surface area contributed by atoms with Crippen LogP contribution in [0, 0.1) is 18.3 Å². The molecule has 0 radical (unpaired) electrons. The van der Waals surface area contributed by atoms with E-state index in [-0.39, 0.29) is 11.3 Å². The van der Waals surface area contributed by atoms with Crippen LogP contribution in [0.2, 0.25) is 0 Å². The van der Waals surface area contributed by atoms with Crippen molar-refractivity contribution >= 4 is 17.8 Å². The van der Waals surface area contributed by atoms with Crippen LogP contribution < -0.4 is 4.74 Å². The van der Waals surface area contributed by atoms with Crippen molar-refractivity contribution in [1.29, 1.82) is 0 Å². The van der Waals surface area contributed by atoms with Crippen LogP contribution in [0.4, 0.5) is 26.3 Å². The van der Waals surface area contributed by atoms with Crippen molar-refractivity contribution in [1.82, 2.24) is 19.6 Å². The number of amides is 1. The van der Waals surface area contributed by atoms with Crippen molar-refractivity contribution in [2.24, 2.45) is 18.4 Å². The molecular formula is C29H38F6N4O6. The summed E-state index contributed by atoms with van der Waals surface area (Å²) in [6.07, 6.45) is -6.77. The molecule has 1 aromatic heterocycles. The molecule has 0 aliphatic carbocycles. The van der Waals surface area contributed by atoms with E-state index < -0.39 is 24.3 Å². The van der Waals surface area contributed by atoms with Crippen molar-refractivity contribution in [3.05, 3.63) is 47.3 Å². The Morgan fingerprint density at radius 2 is 1.47 bits per heavy atom. The third kappa shape index (κ3) is 11.6.